The average molecular weight is 825 g/mol. The van der Waals surface area contributed by atoms with Gasteiger partial charge in [-0.25, -0.2) is 19.9 Å². The van der Waals surface area contributed by atoms with E-state index < -0.39 is 34.9 Å². The van der Waals surface area contributed by atoms with Gasteiger partial charge < -0.3 is 15.1 Å². The number of nitrogens with one attached hydrogen (secondary N) is 3. The van der Waals surface area contributed by atoms with Gasteiger partial charge in [0.1, 0.15) is 5.69 Å². The van der Waals surface area contributed by atoms with Crippen molar-refractivity contribution >= 4 is 73.9 Å². The van der Waals surface area contributed by atoms with Crippen molar-refractivity contribution in [2.24, 2.45) is 0 Å². The largest absolute Gasteiger partial charge is 0.433 e. The minimum absolute atomic E-state index is 0.0485. The van der Waals surface area contributed by atoms with E-state index >= 15 is 0 Å². The number of alkyl halides is 7. The lowest BCUT2D eigenvalue weighted by Gasteiger charge is -2.06. The summed E-state index contributed by atoms with van der Waals surface area (Å²) in [5, 5.41) is 9.46. The maximum Gasteiger partial charge on any atom is 0.433 e. The third-order valence-corrected chi connectivity index (χ3v) is 10.2. The van der Waals surface area contributed by atoms with Crippen LogP contribution in [0, 0.1) is 25.5 Å². The van der Waals surface area contributed by atoms with Crippen LogP contribution >= 0.6 is 73.9 Å². The highest BCUT2D eigenvalue weighted by molar-refractivity contribution is 9.08. The molecule has 0 fully saturated rings. The summed E-state index contributed by atoms with van der Waals surface area (Å²) in [5.41, 5.74) is 4.17. The molecule has 10 nitrogen and oxygen atoms in total. The molecule has 0 bridgehead atoms. The Labute approximate surface area is 292 Å². The van der Waals surface area contributed by atoms with Crippen molar-refractivity contribution in [3.05, 3.63) is 97.2 Å². The number of hydrogen-bond acceptors (Lipinski definition) is 12. The van der Waals surface area contributed by atoms with Crippen LogP contribution in [-0.4, -0.2) is 40.0 Å². The van der Waals surface area contributed by atoms with E-state index in [1.165, 1.54) is 27.6 Å². The van der Waals surface area contributed by atoms with E-state index in [1.807, 2.05) is 36.2 Å². The summed E-state index contributed by atoms with van der Waals surface area (Å²) in [6.45, 7) is 5.85. The molecule has 0 spiro atoms. The highest BCUT2D eigenvalue weighted by Gasteiger charge is 2.33. The molecular formula is C25H24BrF6N7O3S5. The van der Waals surface area contributed by atoms with Crippen molar-refractivity contribution in [1.29, 1.82) is 0 Å². The molecule has 0 unspecified atom stereocenters. The summed E-state index contributed by atoms with van der Waals surface area (Å²) in [7, 11) is 0. The molecule has 5 aromatic heterocycles. The second kappa shape index (κ2) is 18.7. The summed E-state index contributed by atoms with van der Waals surface area (Å²) < 4.78 is 72.9. The summed E-state index contributed by atoms with van der Waals surface area (Å²) in [6.07, 6.45) is -9.19. The highest BCUT2D eigenvalue weighted by atomic mass is 79.9. The van der Waals surface area contributed by atoms with Crippen molar-refractivity contribution in [1.82, 2.24) is 34.9 Å². The van der Waals surface area contributed by atoms with Gasteiger partial charge in [-0.05, 0) is 33.0 Å². The summed E-state index contributed by atoms with van der Waals surface area (Å²) in [5.74, 6) is 0.417. The van der Waals surface area contributed by atoms with Crippen LogP contribution in [0.15, 0.2) is 43.4 Å². The lowest BCUT2D eigenvalue weighted by molar-refractivity contribution is -0.142. The average Bonchev–Trinajstić information content (AvgIpc) is 3.71. The van der Waals surface area contributed by atoms with Crippen LogP contribution in [0.1, 0.15) is 43.1 Å². The van der Waals surface area contributed by atoms with E-state index in [-0.39, 0.29) is 16.5 Å². The van der Waals surface area contributed by atoms with Gasteiger partial charge in [0.25, 0.3) is 11.1 Å². The molecular weight excluding hydrogens is 801 g/mol. The second-order valence-electron chi connectivity index (χ2n) is 8.60. The molecule has 0 aromatic carbocycles. The Balaban J connectivity index is 0.000000235. The Morgan fingerprint density at radius 2 is 1.32 bits per heavy atom. The van der Waals surface area contributed by atoms with E-state index in [0.717, 1.165) is 43.9 Å². The zero-order valence-electron chi connectivity index (χ0n) is 24.2. The molecule has 256 valence electrons. The second-order valence-corrected chi connectivity index (χ2v) is 13.3. The number of thiazole rings is 3. The fourth-order valence-corrected chi connectivity index (χ4v) is 6.90. The lowest BCUT2D eigenvalue weighted by Crippen LogP contribution is -2.16. The fraction of sp³-hybridized carbons (Fsp3) is 0.320. The zero-order chi connectivity index (χ0) is 35.4. The van der Waals surface area contributed by atoms with Crippen LogP contribution in [0.2, 0.25) is 0 Å². The normalized spacial score (nSPS) is 11.0. The minimum atomic E-state index is -4.62. The van der Waals surface area contributed by atoms with Gasteiger partial charge in [-0.2, -0.15) is 26.3 Å². The number of aliphatic hydroxyl groups excluding tert-OH is 1. The van der Waals surface area contributed by atoms with Gasteiger partial charge in [0.2, 0.25) is 0 Å². The maximum absolute atomic E-state index is 12.5. The number of aromatic amines is 3. The number of aryl methyl sites for hydroxylation is 3. The molecule has 5 heterocycles. The van der Waals surface area contributed by atoms with E-state index in [9.17, 15) is 35.9 Å². The van der Waals surface area contributed by atoms with Crippen LogP contribution in [0.25, 0.3) is 0 Å². The molecule has 5 aromatic rings. The summed E-state index contributed by atoms with van der Waals surface area (Å²) in [6, 6.07) is 0.859. The summed E-state index contributed by atoms with van der Waals surface area (Å²) in [4.78, 5) is 46.5. The van der Waals surface area contributed by atoms with Crippen LogP contribution in [0.4, 0.5) is 26.3 Å². The standard InChI is InChI=1S/C10H8F3N3OS2.C5H6BrNS.C5H3F3N2OS.C5H7NOS/c1-5-6(19-4-14-5)3-18-9-15-7(10(11,12)13)2-8(17)16-9;1-4-5(2-6)8-3-7-4;6-5(7,8)2-1-3(11)10-4(12)9-2;1-4-5(2-7)8-3-6-4/h2,4H,3H2,1H3,(H,15,16,17);3H,2H2,1H3;1H,(H2,9,10,11,12);3,7H,2H2,1H3. The molecule has 0 aliphatic carbocycles. The zero-order valence-corrected chi connectivity index (χ0v) is 29.9. The maximum atomic E-state index is 12.5. The van der Waals surface area contributed by atoms with E-state index in [2.05, 4.69) is 53.1 Å². The van der Waals surface area contributed by atoms with E-state index in [1.54, 1.807) is 22.4 Å². The van der Waals surface area contributed by atoms with Crippen LogP contribution < -0.4 is 11.1 Å². The Kier molecular flexibility index (Phi) is 16.1. The molecule has 0 saturated heterocycles. The first-order valence-electron chi connectivity index (χ1n) is 12.5. The van der Waals surface area contributed by atoms with Crippen molar-refractivity contribution in [2.75, 3.05) is 0 Å². The molecule has 0 atom stereocenters. The third kappa shape index (κ3) is 14.1. The van der Waals surface area contributed by atoms with Crippen molar-refractivity contribution in [2.45, 2.75) is 56.0 Å². The third-order valence-electron chi connectivity index (χ3n) is 5.22. The Morgan fingerprint density at radius 3 is 1.70 bits per heavy atom. The molecule has 47 heavy (non-hydrogen) atoms. The summed E-state index contributed by atoms with van der Waals surface area (Å²) >= 11 is 13.3. The molecule has 0 radical (unpaired) electrons. The van der Waals surface area contributed by atoms with Gasteiger partial charge in [-0.3, -0.25) is 14.6 Å². The minimum Gasteiger partial charge on any atom is -0.391 e. The van der Waals surface area contributed by atoms with Gasteiger partial charge in [0, 0.05) is 33.0 Å². The van der Waals surface area contributed by atoms with E-state index in [0.29, 0.717) is 17.9 Å². The Hall–Kier alpha value is -2.76. The topological polar surface area (TPSA) is 153 Å². The first kappa shape index (κ1) is 40.4. The number of rotatable bonds is 5. The van der Waals surface area contributed by atoms with Gasteiger partial charge in [-0.1, -0.05) is 27.7 Å². The van der Waals surface area contributed by atoms with Gasteiger partial charge in [0.05, 0.1) is 45.1 Å². The molecule has 5 rings (SSSR count). The number of thioether (sulfide) groups is 1. The molecule has 4 N–H and O–H groups in total. The first-order chi connectivity index (χ1) is 21.9. The highest BCUT2D eigenvalue weighted by Crippen LogP contribution is 2.29. The van der Waals surface area contributed by atoms with Crippen molar-refractivity contribution < 1.29 is 31.4 Å². The Bertz CT molecular complexity index is 1810. The lowest BCUT2D eigenvalue weighted by atomic mass is 10.4. The Morgan fingerprint density at radius 1 is 0.809 bits per heavy atom. The number of H-pyrrole nitrogens is 3. The van der Waals surface area contributed by atoms with Crippen LogP contribution in [0.3, 0.4) is 0 Å². The molecule has 0 amide bonds. The quantitative estimate of drug-likeness (QED) is 0.0462. The predicted molar refractivity (Wildman–Crippen MR) is 176 cm³/mol. The number of halogens is 7. The first-order valence-corrected chi connectivity index (χ1v) is 17.7. The van der Waals surface area contributed by atoms with Crippen molar-refractivity contribution in [3.8, 4) is 0 Å². The van der Waals surface area contributed by atoms with Crippen LogP contribution in [-0.2, 0) is 30.0 Å². The van der Waals surface area contributed by atoms with Crippen LogP contribution in [0.5, 0.6) is 0 Å². The molecule has 0 aliphatic heterocycles. The van der Waals surface area contributed by atoms with Gasteiger partial charge >= 0.3 is 12.4 Å². The predicted octanol–water partition coefficient (Wildman–Crippen LogP) is 7.59. The molecule has 0 aliphatic rings. The number of hydrogen-bond donors (Lipinski definition) is 4. The molecule has 0 saturated carbocycles. The smallest absolute Gasteiger partial charge is 0.391 e. The number of aliphatic hydroxyl groups is 1. The van der Waals surface area contributed by atoms with E-state index in [4.69, 9.17) is 5.11 Å². The van der Waals surface area contributed by atoms with Gasteiger partial charge in [0.15, 0.2) is 15.6 Å². The number of aromatic nitrogens is 7. The monoisotopic (exact) mass is 823 g/mol. The van der Waals surface area contributed by atoms with Gasteiger partial charge in [-0.15, -0.1) is 34.0 Å². The fourth-order valence-electron chi connectivity index (χ4n) is 2.80. The van der Waals surface area contributed by atoms with Crippen molar-refractivity contribution in [3.63, 3.8) is 0 Å². The molecule has 22 heteroatoms. The SMILES string of the molecule is Cc1ncsc1CBr.Cc1ncsc1CO.Cc1ncsc1CSc1nc(C(F)(F)F)cc(=O)[nH]1.O=c1cc(C(F)(F)F)[nH]c(=S)[nH]1. The number of nitrogens with zero attached hydrogens (tertiary/aromatic N) is 4.